The Morgan fingerprint density at radius 2 is 1.76 bits per heavy atom. The summed E-state index contributed by atoms with van der Waals surface area (Å²) in [6.07, 6.45) is 1.62. The lowest BCUT2D eigenvalue weighted by Gasteiger charge is -2.32. The normalized spacial score (nSPS) is 20.1. The Morgan fingerprint density at radius 1 is 1.14 bits per heavy atom. The fourth-order valence-electron chi connectivity index (χ4n) is 2.38. The first kappa shape index (κ1) is 14.6. The summed E-state index contributed by atoms with van der Waals surface area (Å²) in [6.45, 7) is 7.97. The molecule has 1 aromatic carbocycles. The topological polar surface area (TPSA) is 51.3 Å². The van der Waals surface area contributed by atoms with Gasteiger partial charge in [0.05, 0.1) is 11.2 Å². The number of aromatic amines is 1. The highest BCUT2D eigenvalue weighted by Crippen LogP contribution is 2.37. The zero-order chi connectivity index (χ0) is 15.4. The standard InChI is InChI=1S/C15H17BClNO3/c1-14(2)15(3,4)21-16(20-14)11-7-9-5-6-18-13(19)10(9)8-12(11)17/h5-8H,1-4H3,(H,18,19). The number of pyridine rings is 1. The third-order valence-corrected chi connectivity index (χ3v) is 4.73. The molecule has 0 spiro atoms. The van der Waals surface area contributed by atoms with Crippen LogP contribution in [0.4, 0.5) is 0 Å². The minimum absolute atomic E-state index is 0.158. The second-order valence-electron chi connectivity index (χ2n) is 6.36. The average molecular weight is 306 g/mol. The smallest absolute Gasteiger partial charge is 0.399 e. The number of fused-ring (bicyclic) bond motifs is 1. The molecule has 1 aliphatic heterocycles. The molecule has 0 unspecified atom stereocenters. The van der Waals surface area contributed by atoms with Crippen LogP contribution in [0, 0.1) is 0 Å². The van der Waals surface area contributed by atoms with Gasteiger partial charge in [0.15, 0.2) is 0 Å². The van der Waals surface area contributed by atoms with Gasteiger partial charge in [0.25, 0.3) is 5.56 Å². The number of halogens is 1. The molecule has 1 saturated heterocycles. The maximum Gasteiger partial charge on any atom is 0.496 e. The number of aromatic nitrogens is 1. The third kappa shape index (κ3) is 2.29. The van der Waals surface area contributed by atoms with Crippen LogP contribution in [-0.4, -0.2) is 23.3 Å². The Morgan fingerprint density at radius 3 is 2.38 bits per heavy atom. The van der Waals surface area contributed by atoms with Gasteiger partial charge in [0.1, 0.15) is 0 Å². The third-order valence-electron chi connectivity index (χ3n) is 4.40. The maximum atomic E-state index is 11.8. The summed E-state index contributed by atoms with van der Waals surface area (Å²) in [4.78, 5) is 14.4. The number of hydrogen-bond donors (Lipinski definition) is 1. The molecule has 21 heavy (non-hydrogen) atoms. The Hall–Kier alpha value is -1.30. The predicted molar refractivity (Wildman–Crippen MR) is 85.3 cm³/mol. The van der Waals surface area contributed by atoms with Crippen molar-refractivity contribution >= 4 is 35.0 Å². The predicted octanol–water partition coefficient (Wildman–Crippen LogP) is 2.48. The van der Waals surface area contributed by atoms with Gasteiger partial charge in [-0.3, -0.25) is 4.79 Å². The highest BCUT2D eigenvalue weighted by atomic mass is 35.5. The van der Waals surface area contributed by atoms with Crippen LogP contribution in [0.3, 0.4) is 0 Å². The lowest BCUT2D eigenvalue weighted by Crippen LogP contribution is -2.41. The van der Waals surface area contributed by atoms with Crippen LogP contribution in [0.1, 0.15) is 27.7 Å². The largest absolute Gasteiger partial charge is 0.496 e. The van der Waals surface area contributed by atoms with Gasteiger partial charge in [-0.25, -0.2) is 0 Å². The molecular formula is C15H17BClNO3. The van der Waals surface area contributed by atoms with Crippen molar-refractivity contribution in [1.29, 1.82) is 0 Å². The quantitative estimate of drug-likeness (QED) is 0.824. The van der Waals surface area contributed by atoms with Crippen LogP contribution >= 0.6 is 11.6 Å². The van der Waals surface area contributed by atoms with E-state index in [9.17, 15) is 4.79 Å². The maximum absolute atomic E-state index is 11.8. The van der Waals surface area contributed by atoms with Crippen molar-refractivity contribution in [3.05, 3.63) is 39.8 Å². The van der Waals surface area contributed by atoms with Crippen LogP contribution in [0.25, 0.3) is 10.8 Å². The van der Waals surface area contributed by atoms with Crippen molar-refractivity contribution in [3.63, 3.8) is 0 Å². The minimum atomic E-state index is -0.536. The fraction of sp³-hybridized carbons (Fsp3) is 0.400. The van der Waals surface area contributed by atoms with E-state index in [4.69, 9.17) is 20.9 Å². The molecule has 1 N–H and O–H groups in total. The van der Waals surface area contributed by atoms with Crippen molar-refractivity contribution in [1.82, 2.24) is 4.98 Å². The lowest BCUT2D eigenvalue weighted by atomic mass is 9.78. The zero-order valence-electron chi connectivity index (χ0n) is 12.5. The van der Waals surface area contributed by atoms with E-state index in [1.165, 1.54) is 0 Å². The molecule has 0 aliphatic carbocycles. The van der Waals surface area contributed by atoms with Crippen molar-refractivity contribution < 1.29 is 9.31 Å². The fourth-order valence-corrected chi connectivity index (χ4v) is 2.63. The van der Waals surface area contributed by atoms with Crippen molar-refractivity contribution in [2.24, 2.45) is 0 Å². The summed E-state index contributed by atoms with van der Waals surface area (Å²) in [5.41, 5.74) is -0.267. The van der Waals surface area contributed by atoms with E-state index in [1.54, 1.807) is 12.3 Å². The Bertz CT molecular complexity index is 753. The summed E-state index contributed by atoms with van der Waals surface area (Å²) in [5.74, 6) is 0. The van der Waals surface area contributed by atoms with E-state index in [2.05, 4.69) is 4.98 Å². The highest BCUT2D eigenvalue weighted by Gasteiger charge is 2.52. The number of hydrogen-bond acceptors (Lipinski definition) is 3. The second kappa shape index (κ2) is 4.60. The summed E-state index contributed by atoms with van der Waals surface area (Å²) in [7, 11) is -0.536. The van der Waals surface area contributed by atoms with Gasteiger partial charge in [-0.2, -0.15) is 0 Å². The molecule has 4 nitrogen and oxygen atoms in total. The van der Waals surface area contributed by atoms with Crippen LogP contribution < -0.4 is 11.0 Å². The van der Waals surface area contributed by atoms with E-state index >= 15 is 0 Å². The second-order valence-corrected chi connectivity index (χ2v) is 6.76. The molecule has 2 aromatic rings. The highest BCUT2D eigenvalue weighted by molar-refractivity contribution is 6.66. The molecule has 6 heteroatoms. The molecule has 0 atom stereocenters. The monoisotopic (exact) mass is 305 g/mol. The number of benzene rings is 1. The zero-order valence-corrected chi connectivity index (χ0v) is 13.2. The van der Waals surface area contributed by atoms with Crippen LogP contribution in [0.15, 0.2) is 29.2 Å². The lowest BCUT2D eigenvalue weighted by molar-refractivity contribution is 0.00578. The van der Waals surface area contributed by atoms with Crippen molar-refractivity contribution in [3.8, 4) is 0 Å². The Kier molecular flexibility index (Phi) is 3.21. The SMILES string of the molecule is CC1(C)OB(c2cc3cc[nH]c(=O)c3cc2Cl)OC1(C)C. The molecule has 0 radical (unpaired) electrons. The first-order chi connectivity index (χ1) is 9.71. The molecule has 2 heterocycles. The van der Waals surface area contributed by atoms with E-state index < -0.39 is 18.3 Å². The Balaban J connectivity index is 2.10. The summed E-state index contributed by atoms with van der Waals surface area (Å²) < 4.78 is 12.0. The first-order valence-electron chi connectivity index (χ1n) is 6.88. The van der Waals surface area contributed by atoms with Crippen LogP contribution in [0.2, 0.25) is 5.02 Å². The van der Waals surface area contributed by atoms with Gasteiger partial charge in [-0.15, -0.1) is 0 Å². The molecule has 1 aliphatic rings. The summed E-state index contributed by atoms with van der Waals surface area (Å²) >= 11 is 6.33. The summed E-state index contributed by atoms with van der Waals surface area (Å²) in [6, 6.07) is 5.35. The molecule has 0 bridgehead atoms. The first-order valence-corrected chi connectivity index (χ1v) is 7.25. The van der Waals surface area contributed by atoms with E-state index in [-0.39, 0.29) is 5.56 Å². The van der Waals surface area contributed by atoms with Crippen molar-refractivity contribution in [2.45, 2.75) is 38.9 Å². The Labute approximate surface area is 128 Å². The van der Waals surface area contributed by atoms with Gasteiger partial charge in [0.2, 0.25) is 0 Å². The number of rotatable bonds is 1. The molecule has 0 amide bonds. The molecule has 110 valence electrons. The van der Waals surface area contributed by atoms with E-state index in [0.717, 1.165) is 10.8 Å². The van der Waals surface area contributed by atoms with Gasteiger partial charge < -0.3 is 14.3 Å². The molecule has 1 aromatic heterocycles. The molecule has 0 saturated carbocycles. The van der Waals surface area contributed by atoms with Crippen LogP contribution in [0.5, 0.6) is 0 Å². The minimum Gasteiger partial charge on any atom is -0.399 e. The van der Waals surface area contributed by atoms with Gasteiger partial charge in [-0.1, -0.05) is 17.7 Å². The van der Waals surface area contributed by atoms with Crippen molar-refractivity contribution in [2.75, 3.05) is 0 Å². The van der Waals surface area contributed by atoms with Gasteiger partial charge in [-0.05, 0) is 45.2 Å². The van der Waals surface area contributed by atoms with Crippen LogP contribution in [-0.2, 0) is 9.31 Å². The van der Waals surface area contributed by atoms with E-state index in [0.29, 0.717) is 10.4 Å². The average Bonchev–Trinajstić information content (AvgIpc) is 2.59. The molecule has 3 rings (SSSR count). The summed E-state index contributed by atoms with van der Waals surface area (Å²) in [5, 5.41) is 1.84. The molecular weight excluding hydrogens is 288 g/mol. The van der Waals surface area contributed by atoms with E-state index in [1.807, 2.05) is 39.8 Å². The molecule has 1 fully saturated rings. The van der Waals surface area contributed by atoms with Gasteiger partial charge in [0, 0.05) is 22.1 Å². The number of H-pyrrole nitrogens is 1. The van der Waals surface area contributed by atoms with Gasteiger partial charge >= 0.3 is 7.12 Å². The number of nitrogens with one attached hydrogen (secondary N) is 1.